The second kappa shape index (κ2) is 6.63. The number of benzene rings is 1. The molecular formula is C9H10BrCl2F2N. The van der Waals surface area contributed by atoms with Gasteiger partial charge in [-0.25, -0.2) is 8.78 Å². The van der Waals surface area contributed by atoms with Crippen LogP contribution in [-0.4, -0.2) is 6.43 Å². The van der Waals surface area contributed by atoms with E-state index in [4.69, 9.17) is 17.3 Å². The van der Waals surface area contributed by atoms with E-state index >= 15 is 0 Å². The van der Waals surface area contributed by atoms with Crippen LogP contribution < -0.4 is 5.73 Å². The van der Waals surface area contributed by atoms with Gasteiger partial charge >= 0.3 is 0 Å². The molecule has 1 aromatic carbocycles. The maximum Gasteiger partial charge on any atom is 0.240 e. The molecule has 0 heterocycles. The van der Waals surface area contributed by atoms with Crippen LogP contribution in [0.15, 0.2) is 22.7 Å². The van der Waals surface area contributed by atoms with Crippen molar-refractivity contribution >= 4 is 39.9 Å². The van der Waals surface area contributed by atoms with E-state index in [-0.39, 0.29) is 18.8 Å². The molecular weight excluding hydrogens is 311 g/mol. The van der Waals surface area contributed by atoms with E-state index in [1.165, 1.54) is 0 Å². The first-order valence-electron chi connectivity index (χ1n) is 3.99. The molecule has 1 aromatic rings. The highest BCUT2D eigenvalue weighted by atomic mass is 79.9. The molecule has 2 N–H and O–H groups in total. The molecule has 0 spiro atoms. The molecule has 1 atom stereocenters. The van der Waals surface area contributed by atoms with E-state index in [2.05, 4.69) is 15.9 Å². The van der Waals surface area contributed by atoms with E-state index in [9.17, 15) is 8.78 Å². The third kappa shape index (κ3) is 4.64. The van der Waals surface area contributed by atoms with Gasteiger partial charge in [-0.15, -0.1) is 12.4 Å². The molecule has 0 radical (unpaired) electrons. The van der Waals surface area contributed by atoms with Gasteiger partial charge in [0.05, 0.1) is 0 Å². The van der Waals surface area contributed by atoms with Crippen LogP contribution in [0.4, 0.5) is 8.78 Å². The van der Waals surface area contributed by atoms with Crippen molar-refractivity contribution in [1.29, 1.82) is 0 Å². The Kier molecular flexibility index (Phi) is 6.68. The SMILES string of the molecule is Cl.N[C@@H](CC(F)F)c1cc(Br)ccc1Cl. The van der Waals surface area contributed by atoms with Crippen LogP contribution in [0.3, 0.4) is 0 Å². The van der Waals surface area contributed by atoms with Gasteiger partial charge in [-0.1, -0.05) is 27.5 Å². The summed E-state index contributed by atoms with van der Waals surface area (Å²) in [6.45, 7) is 0. The zero-order chi connectivity index (χ0) is 10.7. The third-order valence-electron chi connectivity index (χ3n) is 1.79. The maximum absolute atomic E-state index is 12.1. The standard InChI is InChI=1S/C9H9BrClF2N.ClH/c10-5-1-2-7(11)6(3-5)8(14)4-9(12)13;/h1-3,8-9H,4,14H2;1H/t8-;/m0./s1. The highest BCUT2D eigenvalue weighted by molar-refractivity contribution is 9.10. The van der Waals surface area contributed by atoms with Crippen molar-refractivity contribution in [3.8, 4) is 0 Å². The molecule has 0 aromatic heterocycles. The quantitative estimate of drug-likeness (QED) is 0.888. The molecule has 86 valence electrons. The summed E-state index contributed by atoms with van der Waals surface area (Å²) in [7, 11) is 0. The monoisotopic (exact) mass is 319 g/mol. The number of alkyl halides is 2. The first kappa shape index (κ1) is 15.1. The largest absolute Gasteiger partial charge is 0.324 e. The van der Waals surface area contributed by atoms with Gasteiger partial charge in [-0.2, -0.15) is 0 Å². The topological polar surface area (TPSA) is 26.0 Å². The second-order valence-corrected chi connectivity index (χ2v) is 4.22. The molecule has 15 heavy (non-hydrogen) atoms. The Labute approximate surface area is 107 Å². The van der Waals surface area contributed by atoms with Crippen LogP contribution in [0.1, 0.15) is 18.0 Å². The molecule has 0 amide bonds. The number of halogens is 5. The van der Waals surface area contributed by atoms with Gasteiger partial charge in [-0.3, -0.25) is 0 Å². The lowest BCUT2D eigenvalue weighted by Crippen LogP contribution is -2.14. The van der Waals surface area contributed by atoms with Gasteiger partial charge in [0.15, 0.2) is 0 Å². The molecule has 0 unspecified atom stereocenters. The lowest BCUT2D eigenvalue weighted by atomic mass is 10.1. The highest BCUT2D eigenvalue weighted by Crippen LogP contribution is 2.28. The average molecular weight is 321 g/mol. The van der Waals surface area contributed by atoms with Crippen molar-refractivity contribution < 1.29 is 8.78 Å². The Morgan fingerprint density at radius 3 is 2.53 bits per heavy atom. The van der Waals surface area contributed by atoms with Crippen LogP contribution in [0.2, 0.25) is 5.02 Å². The number of rotatable bonds is 3. The van der Waals surface area contributed by atoms with Crippen LogP contribution >= 0.6 is 39.9 Å². The normalized spacial score (nSPS) is 12.4. The minimum absolute atomic E-state index is 0. The number of hydrogen-bond donors (Lipinski definition) is 1. The minimum atomic E-state index is -2.42. The lowest BCUT2D eigenvalue weighted by molar-refractivity contribution is 0.128. The molecule has 0 aliphatic heterocycles. The minimum Gasteiger partial charge on any atom is -0.324 e. The zero-order valence-electron chi connectivity index (χ0n) is 7.59. The fourth-order valence-electron chi connectivity index (χ4n) is 1.12. The molecule has 0 saturated carbocycles. The molecule has 6 heteroatoms. The molecule has 0 saturated heterocycles. The zero-order valence-corrected chi connectivity index (χ0v) is 10.7. The fraction of sp³-hybridized carbons (Fsp3) is 0.333. The second-order valence-electron chi connectivity index (χ2n) is 2.90. The van der Waals surface area contributed by atoms with Gasteiger partial charge in [0.25, 0.3) is 0 Å². The fourth-order valence-corrected chi connectivity index (χ4v) is 1.75. The van der Waals surface area contributed by atoms with E-state index in [0.717, 1.165) is 4.47 Å². The molecule has 0 fully saturated rings. The summed E-state index contributed by atoms with van der Waals surface area (Å²) in [6, 6.07) is 4.31. The van der Waals surface area contributed by atoms with Gasteiger partial charge in [-0.05, 0) is 23.8 Å². The van der Waals surface area contributed by atoms with Crippen molar-refractivity contribution in [3.05, 3.63) is 33.3 Å². The first-order valence-corrected chi connectivity index (χ1v) is 5.16. The van der Waals surface area contributed by atoms with Crippen LogP contribution in [-0.2, 0) is 0 Å². The van der Waals surface area contributed by atoms with Crippen molar-refractivity contribution in [2.45, 2.75) is 18.9 Å². The molecule has 0 bridgehead atoms. The summed E-state index contributed by atoms with van der Waals surface area (Å²) in [5.74, 6) is 0. The summed E-state index contributed by atoms with van der Waals surface area (Å²) in [6.07, 6.45) is -2.80. The van der Waals surface area contributed by atoms with Crippen molar-refractivity contribution in [1.82, 2.24) is 0 Å². The Hall–Kier alpha value is 0.1000. The summed E-state index contributed by atoms with van der Waals surface area (Å²) < 4.78 is 24.9. The van der Waals surface area contributed by atoms with Gasteiger partial charge in [0.2, 0.25) is 6.43 Å². The van der Waals surface area contributed by atoms with E-state index in [1.54, 1.807) is 18.2 Å². The number of hydrogen-bond acceptors (Lipinski definition) is 1. The van der Waals surface area contributed by atoms with Crippen molar-refractivity contribution in [2.75, 3.05) is 0 Å². The Balaban J connectivity index is 0.00000196. The molecule has 0 aliphatic rings. The van der Waals surface area contributed by atoms with Crippen LogP contribution in [0.25, 0.3) is 0 Å². The molecule has 1 rings (SSSR count). The van der Waals surface area contributed by atoms with E-state index in [1.807, 2.05) is 0 Å². The van der Waals surface area contributed by atoms with Gasteiger partial charge < -0.3 is 5.73 Å². The van der Waals surface area contributed by atoms with Crippen molar-refractivity contribution in [2.24, 2.45) is 5.73 Å². The van der Waals surface area contributed by atoms with Crippen LogP contribution in [0.5, 0.6) is 0 Å². The summed E-state index contributed by atoms with van der Waals surface area (Å²) in [5, 5.41) is 0.418. The van der Waals surface area contributed by atoms with Crippen LogP contribution in [0, 0.1) is 0 Å². The van der Waals surface area contributed by atoms with E-state index in [0.29, 0.717) is 10.6 Å². The number of nitrogens with two attached hydrogens (primary N) is 1. The summed E-state index contributed by atoms with van der Waals surface area (Å²) in [5.41, 5.74) is 6.12. The highest BCUT2D eigenvalue weighted by Gasteiger charge is 2.15. The smallest absolute Gasteiger partial charge is 0.240 e. The predicted octanol–water partition coefficient (Wildman–Crippen LogP) is 4.18. The predicted molar refractivity (Wildman–Crippen MR) is 63.9 cm³/mol. The van der Waals surface area contributed by atoms with E-state index < -0.39 is 12.5 Å². The first-order chi connectivity index (χ1) is 6.50. The third-order valence-corrected chi connectivity index (χ3v) is 2.63. The summed E-state index contributed by atoms with van der Waals surface area (Å²) in [4.78, 5) is 0. The lowest BCUT2D eigenvalue weighted by Gasteiger charge is -2.13. The molecule has 1 nitrogen and oxygen atoms in total. The van der Waals surface area contributed by atoms with Gasteiger partial charge in [0, 0.05) is 22.0 Å². The Bertz CT molecular complexity index is 323. The maximum atomic E-state index is 12.1. The molecule has 0 aliphatic carbocycles. The Morgan fingerprint density at radius 1 is 1.40 bits per heavy atom. The Morgan fingerprint density at radius 2 is 2.00 bits per heavy atom. The summed E-state index contributed by atoms with van der Waals surface area (Å²) >= 11 is 9.06. The average Bonchev–Trinajstić information content (AvgIpc) is 2.08. The van der Waals surface area contributed by atoms with Gasteiger partial charge in [0.1, 0.15) is 0 Å². The van der Waals surface area contributed by atoms with Crippen molar-refractivity contribution in [3.63, 3.8) is 0 Å².